The fourth-order valence-corrected chi connectivity index (χ4v) is 3.51. The molecule has 1 aliphatic rings. The first-order chi connectivity index (χ1) is 13.2. The van der Waals surface area contributed by atoms with E-state index in [9.17, 15) is 4.79 Å². The number of carboxylic acid groups (broad SMARTS) is 1. The third-order valence-corrected chi connectivity index (χ3v) is 4.73. The average molecular weight is 363 g/mol. The maximum Gasteiger partial charge on any atom is 0.307 e. The Kier molecular flexibility index (Phi) is 4.82. The number of benzene rings is 1. The lowest BCUT2D eigenvalue weighted by atomic mass is 9.98. The first kappa shape index (κ1) is 17.2. The van der Waals surface area contributed by atoms with E-state index < -0.39 is 5.97 Å². The van der Waals surface area contributed by atoms with Crippen LogP contribution in [0, 0.1) is 0 Å². The zero-order chi connectivity index (χ0) is 18.6. The van der Waals surface area contributed by atoms with E-state index in [0.29, 0.717) is 13.1 Å². The molecule has 0 bridgehead atoms. The molecule has 7 nitrogen and oxygen atoms in total. The van der Waals surface area contributed by atoms with E-state index in [0.717, 1.165) is 41.9 Å². The van der Waals surface area contributed by atoms with Gasteiger partial charge in [-0.25, -0.2) is 4.68 Å². The Morgan fingerprint density at radius 3 is 2.93 bits per heavy atom. The molecule has 0 unspecified atom stereocenters. The summed E-state index contributed by atoms with van der Waals surface area (Å²) in [4.78, 5) is 17.4. The van der Waals surface area contributed by atoms with Crippen molar-refractivity contribution in [1.29, 1.82) is 0 Å². The largest absolute Gasteiger partial charge is 0.481 e. The van der Waals surface area contributed by atoms with Crippen molar-refractivity contribution in [1.82, 2.24) is 20.0 Å². The number of aryl methyl sites for hydroxylation is 1. The van der Waals surface area contributed by atoms with Gasteiger partial charge in [0.15, 0.2) is 0 Å². The van der Waals surface area contributed by atoms with Gasteiger partial charge in [0, 0.05) is 24.6 Å². The molecular weight excluding hydrogens is 342 g/mol. The van der Waals surface area contributed by atoms with E-state index in [2.05, 4.69) is 26.3 Å². The van der Waals surface area contributed by atoms with E-state index in [1.165, 1.54) is 5.56 Å². The molecule has 0 fully saturated rings. The zero-order valence-corrected chi connectivity index (χ0v) is 15.0. The van der Waals surface area contributed by atoms with Crippen LogP contribution in [0.4, 0.5) is 5.69 Å². The van der Waals surface area contributed by atoms with Crippen LogP contribution in [0.15, 0.2) is 48.9 Å². The molecule has 7 heteroatoms. The van der Waals surface area contributed by atoms with Crippen molar-refractivity contribution in [3.8, 4) is 0 Å². The van der Waals surface area contributed by atoms with Gasteiger partial charge in [0.1, 0.15) is 5.69 Å². The smallest absolute Gasteiger partial charge is 0.307 e. The monoisotopic (exact) mass is 363 g/mol. The Balaban J connectivity index is 1.50. The normalized spacial score (nSPS) is 13.4. The Bertz CT molecular complexity index is 939. The van der Waals surface area contributed by atoms with Crippen LogP contribution in [0.25, 0.3) is 0 Å². The summed E-state index contributed by atoms with van der Waals surface area (Å²) in [6.07, 6.45) is 7.68. The summed E-state index contributed by atoms with van der Waals surface area (Å²) in [5.74, 6) is -0.810. The molecule has 0 saturated carbocycles. The minimum Gasteiger partial charge on any atom is -0.481 e. The Morgan fingerprint density at radius 1 is 1.19 bits per heavy atom. The fraction of sp³-hybridized carbons (Fsp3) is 0.300. The van der Waals surface area contributed by atoms with Crippen molar-refractivity contribution in [3.63, 3.8) is 0 Å². The molecule has 0 spiro atoms. The van der Waals surface area contributed by atoms with Crippen LogP contribution in [0.2, 0.25) is 0 Å². The van der Waals surface area contributed by atoms with Crippen LogP contribution in [0.3, 0.4) is 0 Å². The number of aliphatic carboxylic acids is 1. The number of anilines is 1. The van der Waals surface area contributed by atoms with Gasteiger partial charge in [-0.05, 0) is 41.7 Å². The van der Waals surface area contributed by atoms with Crippen molar-refractivity contribution in [2.75, 3.05) is 11.4 Å². The molecule has 1 aromatic carbocycles. The number of carboxylic acids is 1. The molecule has 138 valence electrons. The molecule has 0 saturated heterocycles. The number of carbonyl (C=O) groups is 1. The highest BCUT2D eigenvalue weighted by atomic mass is 16.4. The molecule has 0 atom stereocenters. The van der Waals surface area contributed by atoms with Crippen LogP contribution in [0.1, 0.15) is 28.8 Å². The highest BCUT2D eigenvalue weighted by molar-refractivity contribution is 5.71. The predicted molar refractivity (Wildman–Crippen MR) is 101 cm³/mol. The Hall–Kier alpha value is -3.22. The summed E-state index contributed by atoms with van der Waals surface area (Å²) in [6.45, 7) is 2.23. The van der Waals surface area contributed by atoms with Gasteiger partial charge in [-0.1, -0.05) is 23.4 Å². The maximum atomic E-state index is 11.0. The minimum absolute atomic E-state index is 0.0441. The first-order valence-electron chi connectivity index (χ1n) is 9.04. The van der Waals surface area contributed by atoms with E-state index in [-0.39, 0.29) is 6.42 Å². The number of hydrogen-bond acceptors (Lipinski definition) is 5. The van der Waals surface area contributed by atoms with Crippen LogP contribution in [-0.2, 0) is 30.7 Å². The predicted octanol–water partition coefficient (Wildman–Crippen LogP) is 2.30. The van der Waals surface area contributed by atoms with E-state index >= 15 is 0 Å². The molecule has 0 amide bonds. The summed E-state index contributed by atoms with van der Waals surface area (Å²) in [7, 11) is 0. The van der Waals surface area contributed by atoms with Crippen molar-refractivity contribution >= 4 is 11.7 Å². The standard InChI is InChI=1S/C20H21N5O2/c26-20(27)10-15-5-6-17-4-2-8-24(19(17)9-15)13-18-14-25(23-22-18)12-16-3-1-7-21-11-16/h1,3,5-7,9,11,14H,2,4,8,10,12-13H2,(H,26,27). The molecule has 27 heavy (non-hydrogen) atoms. The van der Waals surface area contributed by atoms with Gasteiger partial charge >= 0.3 is 5.97 Å². The van der Waals surface area contributed by atoms with E-state index in [1.807, 2.05) is 41.3 Å². The van der Waals surface area contributed by atoms with E-state index in [1.54, 1.807) is 6.20 Å². The Labute approximate surface area is 157 Å². The molecule has 3 aromatic rings. The van der Waals surface area contributed by atoms with Crippen LogP contribution in [-0.4, -0.2) is 37.6 Å². The number of rotatable bonds is 6. The molecular formula is C20H21N5O2. The van der Waals surface area contributed by atoms with Crippen LogP contribution in [0.5, 0.6) is 0 Å². The second-order valence-corrected chi connectivity index (χ2v) is 6.83. The molecule has 4 rings (SSSR count). The van der Waals surface area contributed by atoms with Gasteiger partial charge in [0.25, 0.3) is 0 Å². The molecule has 0 radical (unpaired) electrons. The van der Waals surface area contributed by atoms with Gasteiger partial charge in [0.05, 0.1) is 25.7 Å². The average Bonchev–Trinajstić information content (AvgIpc) is 3.09. The third kappa shape index (κ3) is 4.13. The second kappa shape index (κ2) is 7.57. The van der Waals surface area contributed by atoms with Gasteiger partial charge < -0.3 is 10.0 Å². The van der Waals surface area contributed by atoms with Crippen LogP contribution < -0.4 is 4.90 Å². The number of pyridine rings is 1. The molecule has 1 aliphatic heterocycles. The Morgan fingerprint density at radius 2 is 2.11 bits per heavy atom. The lowest BCUT2D eigenvalue weighted by Gasteiger charge is -2.31. The van der Waals surface area contributed by atoms with Gasteiger partial charge in [-0.3, -0.25) is 9.78 Å². The quantitative estimate of drug-likeness (QED) is 0.723. The lowest BCUT2D eigenvalue weighted by Crippen LogP contribution is -2.29. The number of hydrogen-bond donors (Lipinski definition) is 1. The summed E-state index contributed by atoms with van der Waals surface area (Å²) in [5.41, 5.74) is 5.18. The summed E-state index contributed by atoms with van der Waals surface area (Å²) in [6, 6.07) is 9.90. The van der Waals surface area contributed by atoms with Gasteiger partial charge in [0.2, 0.25) is 0 Å². The van der Waals surface area contributed by atoms with Crippen LogP contribution >= 0.6 is 0 Å². The van der Waals surface area contributed by atoms with Crippen molar-refractivity contribution in [2.45, 2.75) is 32.4 Å². The molecule has 0 aliphatic carbocycles. The highest BCUT2D eigenvalue weighted by Crippen LogP contribution is 2.29. The fourth-order valence-electron chi connectivity index (χ4n) is 3.51. The topological polar surface area (TPSA) is 84.1 Å². The number of nitrogens with zero attached hydrogens (tertiary/aromatic N) is 5. The number of fused-ring (bicyclic) bond motifs is 1. The molecule has 2 aromatic heterocycles. The first-order valence-corrected chi connectivity index (χ1v) is 9.04. The van der Waals surface area contributed by atoms with E-state index in [4.69, 9.17) is 5.11 Å². The lowest BCUT2D eigenvalue weighted by molar-refractivity contribution is -0.136. The van der Waals surface area contributed by atoms with Gasteiger partial charge in [-0.15, -0.1) is 5.10 Å². The zero-order valence-electron chi connectivity index (χ0n) is 15.0. The van der Waals surface area contributed by atoms with Gasteiger partial charge in [-0.2, -0.15) is 0 Å². The SMILES string of the molecule is O=C(O)Cc1ccc2c(c1)N(Cc1cn(Cc3cccnc3)nn1)CCC2. The highest BCUT2D eigenvalue weighted by Gasteiger charge is 2.19. The summed E-state index contributed by atoms with van der Waals surface area (Å²) >= 11 is 0. The third-order valence-electron chi connectivity index (χ3n) is 4.73. The second-order valence-electron chi connectivity index (χ2n) is 6.83. The maximum absolute atomic E-state index is 11.0. The van der Waals surface area contributed by atoms with Crippen molar-refractivity contribution < 1.29 is 9.90 Å². The summed E-state index contributed by atoms with van der Waals surface area (Å²) < 4.78 is 1.82. The van der Waals surface area contributed by atoms with Crippen molar-refractivity contribution in [3.05, 3.63) is 71.3 Å². The van der Waals surface area contributed by atoms with Crippen molar-refractivity contribution in [2.24, 2.45) is 0 Å². The minimum atomic E-state index is -0.810. The molecule has 3 heterocycles. The molecule has 1 N–H and O–H groups in total. The summed E-state index contributed by atoms with van der Waals surface area (Å²) in [5, 5.41) is 17.6. The number of aromatic nitrogens is 4.